The lowest BCUT2D eigenvalue weighted by molar-refractivity contribution is 0.281. The molecule has 0 saturated heterocycles. The van der Waals surface area contributed by atoms with Gasteiger partial charge in [-0.2, -0.15) is 0 Å². The van der Waals surface area contributed by atoms with Gasteiger partial charge in [-0.25, -0.2) is 18.4 Å². The van der Waals surface area contributed by atoms with Gasteiger partial charge in [0.1, 0.15) is 17.8 Å². The molecule has 2 aliphatic carbocycles. The van der Waals surface area contributed by atoms with Crippen LogP contribution in [-0.4, -0.2) is 53.5 Å². The molecule has 136 valence electrons. The van der Waals surface area contributed by atoms with Crippen molar-refractivity contribution in [3.8, 4) is 0 Å². The van der Waals surface area contributed by atoms with E-state index in [4.69, 9.17) is 5.73 Å². The third-order valence-electron chi connectivity index (χ3n) is 5.83. The van der Waals surface area contributed by atoms with Gasteiger partial charge in [0.05, 0.1) is 16.4 Å². The van der Waals surface area contributed by atoms with E-state index in [9.17, 15) is 8.42 Å². The Kier molecular flexibility index (Phi) is 4.19. The minimum Gasteiger partial charge on any atom is -0.356 e. The van der Waals surface area contributed by atoms with E-state index in [0.717, 1.165) is 42.5 Å². The fourth-order valence-corrected chi connectivity index (χ4v) is 6.47. The smallest absolute Gasteiger partial charge is 0.153 e. The van der Waals surface area contributed by atoms with Gasteiger partial charge in [-0.15, -0.1) is 0 Å². The second kappa shape index (κ2) is 6.25. The number of aromatic amines is 1. The van der Waals surface area contributed by atoms with Gasteiger partial charge in [-0.3, -0.25) is 0 Å². The molecule has 2 aromatic rings. The molecule has 0 spiro atoms. The van der Waals surface area contributed by atoms with E-state index >= 15 is 0 Å². The molecular formula is C17H25N5O2S. The number of hydrogen-bond acceptors (Lipinski definition) is 6. The number of anilines is 1. The SMILES string of the molecule is CN(c1ncnc2[nH]ccc12)[C@H]1C[C@@H](CS(=O)(=O)[C@H]2CC[C@@H](N)C2)C1. The second-order valence-corrected chi connectivity index (χ2v) is 9.89. The van der Waals surface area contributed by atoms with E-state index in [2.05, 4.69) is 19.9 Å². The molecule has 8 heteroatoms. The van der Waals surface area contributed by atoms with Crippen molar-refractivity contribution < 1.29 is 8.42 Å². The summed E-state index contributed by atoms with van der Waals surface area (Å²) >= 11 is 0. The van der Waals surface area contributed by atoms with Gasteiger partial charge in [0.15, 0.2) is 9.84 Å². The van der Waals surface area contributed by atoms with Crippen LogP contribution < -0.4 is 10.6 Å². The average Bonchev–Trinajstić information content (AvgIpc) is 3.18. The van der Waals surface area contributed by atoms with Crippen LogP contribution in [0.25, 0.3) is 11.0 Å². The summed E-state index contributed by atoms with van der Waals surface area (Å²) in [7, 11) is -0.994. The summed E-state index contributed by atoms with van der Waals surface area (Å²) in [4.78, 5) is 13.9. The molecule has 0 unspecified atom stereocenters. The second-order valence-electron chi connectivity index (χ2n) is 7.56. The number of nitrogens with zero attached hydrogens (tertiary/aromatic N) is 3. The molecule has 2 heterocycles. The van der Waals surface area contributed by atoms with Crippen molar-refractivity contribution in [2.45, 2.75) is 49.4 Å². The summed E-state index contributed by atoms with van der Waals surface area (Å²) in [6.07, 6.45) is 7.40. The van der Waals surface area contributed by atoms with Crippen molar-refractivity contribution in [1.29, 1.82) is 0 Å². The molecule has 3 N–H and O–H groups in total. The molecule has 25 heavy (non-hydrogen) atoms. The average molecular weight is 363 g/mol. The van der Waals surface area contributed by atoms with Crippen LogP contribution in [0.5, 0.6) is 0 Å². The lowest BCUT2D eigenvalue weighted by atomic mass is 9.81. The highest BCUT2D eigenvalue weighted by Crippen LogP contribution is 2.37. The highest BCUT2D eigenvalue weighted by atomic mass is 32.2. The maximum absolute atomic E-state index is 12.6. The third-order valence-corrected chi connectivity index (χ3v) is 8.21. The number of nitrogens with one attached hydrogen (secondary N) is 1. The predicted octanol–water partition coefficient (Wildman–Crippen LogP) is 1.47. The summed E-state index contributed by atoms with van der Waals surface area (Å²) in [5, 5.41) is 0.779. The molecule has 7 nitrogen and oxygen atoms in total. The van der Waals surface area contributed by atoms with Gasteiger partial charge < -0.3 is 15.6 Å². The number of sulfone groups is 1. The van der Waals surface area contributed by atoms with Crippen molar-refractivity contribution in [2.24, 2.45) is 11.7 Å². The molecule has 2 aromatic heterocycles. The van der Waals surface area contributed by atoms with Gasteiger partial charge in [-0.1, -0.05) is 0 Å². The van der Waals surface area contributed by atoms with Gasteiger partial charge >= 0.3 is 0 Å². The molecule has 2 fully saturated rings. The molecule has 0 radical (unpaired) electrons. The monoisotopic (exact) mass is 363 g/mol. The van der Waals surface area contributed by atoms with Crippen molar-refractivity contribution in [2.75, 3.05) is 17.7 Å². The minimum absolute atomic E-state index is 0.0570. The number of aromatic nitrogens is 3. The van der Waals surface area contributed by atoms with Crippen molar-refractivity contribution in [3.63, 3.8) is 0 Å². The van der Waals surface area contributed by atoms with Gasteiger partial charge in [-0.05, 0) is 44.1 Å². The zero-order valence-corrected chi connectivity index (χ0v) is 15.2. The molecule has 0 aliphatic heterocycles. The molecular weight excluding hydrogens is 338 g/mol. The molecule has 0 aromatic carbocycles. The summed E-state index contributed by atoms with van der Waals surface area (Å²) < 4.78 is 25.1. The Morgan fingerprint density at radius 1 is 1.28 bits per heavy atom. The third kappa shape index (κ3) is 3.13. The lowest BCUT2D eigenvalue weighted by Crippen LogP contribution is -2.46. The Morgan fingerprint density at radius 2 is 2.08 bits per heavy atom. The van der Waals surface area contributed by atoms with Crippen LogP contribution in [-0.2, 0) is 9.84 Å². The summed E-state index contributed by atoms with van der Waals surface area (Å²) in [5.41, 5.74) is 6.70. The van der Waals surface area contributed by atoms with Crippen LogP contribution >= 0.6 is 0 Å². The van der Waals surface area contributed by atoms with Crippen LogP contribution in [0.4, 0.5) is 5.82 Å². The van der Waals surface area contributed by atoms with E-state index in [1.165, 1.54) is 0 Å². The predicted molar refractivity (Wildman–Crippen MR) is 98.2 cm³/mol. The van der Waals surface area contributed by atoms with Crippen LogP contribution in [0.2, 0.25) is 0 Å². The van der Waals surface area contributed by atoms with E-state index in [-0.39, 0.29) is 17.2 Å². The molecule has 0 bridgehead atoms. The quantitative estimate of drug-likeness (QED) is 0.833. The Balaban J connectivity index is 1.38. The van der Waals surface area contributed by atoms with E-state index in [0.29, 0.717) is 18.2 Å². The van der Waals surface area contributed by atoms with Crippen molar-refractivity contribution in [3.05, 3.63) is 18.6 Å². The van der Waals surface area contributed by atoms with Crippen LogP contribution in [0, 0.1) is 5.92 Å². The largest absolute Gasteiger partial charge is 0.356 e. The summed E-state index contributed by atoms with van der Waals surface area (Å²) in [5.74, 6) is 1.45. The van der Waals surface area contributed by atoms with E-state index < -0.39 is 9.84 Å². The van der Waals surface area contributed by atoms with Crippen LogP contribution in [0.3, 0.4) is 0 Å². The van der Waals surface area contributed by atoms with Crippen molar-refractivity contribution in [1.82, 2.24) is 15.0 Å². The highest BCUT2D eigenvalue weighted by Gasteiger charge is 2.40. The van der Waals surface area contributed by atoms with Gasteiger partial charge in [0.25, 0.3) is 0 Å². The van der Waals surface area contributed by atoms with E-state index in [1.54, 1.807) is 6.33 Å². The normalized spacial score (nSPS) is 29.7. The zero-order valence-electron chi connectivity index (χ0n) is 14.4. The molecule has 2 aliphatic rings. The van der Waals surface area contributed by atoms with Crippen molar-refractivity contribution >= 4 is 26.7 Å². The number of fused-ring (bicyclic) bond motifs is 1. The molecule has 0 amide bonds. The van der Waals surface area contributed by atoms with Crippen LogP contribution in [0.1, 0.15) is 32.1 Å². The number of rotatable bonds is 5. The summed E-state index contributed by atoms with van der Waals surface area (Å²) in [6.45, 7) is 0. The fourth-order valence-electron chi connectivity index (χ4n) is 4.23. The minimum atomic E-state index is -3.02. The number of hydrogen-bond donors (Lipinski definition) is 2. The maximum atomic E-state index is 12.6. The topological polar surface area (TPSA) is 105 Å². The Morgan fingerprint density at radius 3 is 2.80 bits per heavy atom. The maximum Gasteiger partial charge on any atom is 0.153 e. The number of H-pyrrole nitrogens is 1. The summed E-state index contributed by atoms with van der Waals surface area (Å²) in [6, 6.07) is 2.37. The fraction of sp³-hybridized carbons (Fsp3) is 0.647. The Labute approximate surface area is 147 Å². The first-order valence-electron chi connectivity index (χ1n) is 8.92. The first kappa shape index (κ1) is 16.8. The lowest BCUT2D eigenvalue weighted by Gasteiger charge is -2.42. The van der Waals surface area contributed by atoms with Gasteiger partial charge in [0.2, 0.25) is 0 Å². The molecule has 2 saturated carbocycles. The first-order valence-corrected chi connectivity index (χ1v) is 10.6. The van der Waals surface area contributed by atoms with Crippen LogP contribution in [0.15, 0.2) is 18.6 Å². The highest BCUT2D eigenvalue weighted by molar-refractivity contribution is 7.92. The Hall–Kier alpha value is -1.67. The van der Waals surface area contributed by atoms with E-state index in [1.807, 2.05) is 19.3 Å². The Bertz CT molecular complexity index is 859. The van der Waals surface area contributed by atoms with Gasteiger partial charge in [0, 0.05) is 25.3 Å². The standard InChI is InChI=1S/C17H25N5O2S/c1-22(17-15-4-5-19-16(15)20-10-21-17)13-6-11(7-13)9-25(23,24)14-3-2-12(18)8-14/h4-5,10-14H,2-3,6-9,18H2,1H3,(H,19,20,21)/t11-,12-,13+,14+/m1/s1. The zero-order chi connectivity index (χ0) is 17.6. The molecule has 2 atom stereocenters. The molecule has 4 rings (SSSR count). The number of nitrogens with two attached hydrogens (primary N) is 1. The first-order chi connectivity index (χ1) is 11.9.